The lowest BCUT2D eigenvalue weighted by atomic mass is 9.89. The summed E-state index contributed by atoms with van der Waals surface area (Å²) in [7, 11) is 1.36. The molecule has 13 nitrogen and oxygen atoms in total. The Morgan fingerprint density at radius 1 is 1.16 bits per heavy atom. The number of amides is 2. The lowest BCUT2D eigenvalue weighted by Crippen LogP contribution is -2.65. The van der Waals surface area contributed by atoms with Gasteiger partial charge in [0.15, 0.2) is 24.0 Å². The van der Waals surface area contributed by atoms with Crippen molar-refractivity contribution in [1.29, 1.82) is 0 Å². The molecule has 236 valence electrons. The highest BCUT2D eigenvalue weighted by molar-refractivity contribution is 6.19. The van der Waals surface area contributed by atoms with E-state index in [0.29, 0.717) is 12.0 Å². The second kappa shape index (κ2) is 12.6. The molecule has 5 N–H and O–H groups in total. The Morgan fingerprint density at radius 2 is 1.86 bits per heavy atom. The van der Waals surface area contributed by atoms with Gasteiger partial charge in [0.25, 0.3) is 5.91 Å². The van der Waals surface area contributed by atoms with Crippen LogP contribution in [-0.2, 0) is 25.4 Å². The number of fused-ring (bicyclic) bond motifs is 1. The van der Waals surface area contributed by atoms with Gasteiger partial charge in [-0.3, -0.25) is 9.59 Å². The second-order valence-electron chi connectivity index (χ2n) is 11.3. The number of nitrogens with one attached hydrogen (secondary N) is 1. The van der Waals surface area contributed by atoms with Gasteiger partial charge >= 0.3 is 12.1 Å². The van der Waals surface area contributed by atoms with Gasteiger partial charge in [0.2, 0.25) is 6.29 Å². The number of hydrogen-bond acceptors (Lipinski definition) is 11. The number of phenolic OH excluding ortho intramolecular Hbond substituents is 1. The summed E-state index contributed by atoms with van der Waals surface area (Å²) in [5, 5.41) is 23.5. The van der Waals surface area contributed by atoms with Crippen molar-refractivity contribution >= 4 is 23.8 Å². The minimum atomic E-state index is -1.61. The van der Waals surface area contributed by atoms with Gasteiger partial charge in [0.1, 0.15) is 23.4 Å². The zero-order valence-electron chi connectivity index (χ0n) is 25.2. The second-order valence-corrected chi connectivity index (χ2v) is 11.3. The van der Waals surface area contributed by atoms with Crippen LogP contribution < -0.4 is 20.5 Å². The van der Waals surface area contributed by atoms with E-state index in [-0.39, 0.29) is 33.9 Å². The van der Waals surface area contributed by atoms with Gasteiger partial charge in [-0.05, 0) is 76.9 Å². The number of methoxy groups -OCH3 is 1. The van der Waals surface area contributed by atoms with Crippen LogP contribution >= 0.6 is 0 Å². The van der Waals surface area contributed by atoms with Crippen LogP contribution in [0.15, 0.2) is 42.0 Å². The Morgan fingerprint density at radius 3 is 2.50 bits per heavy atom. The summed E-state index contributed by atoms with van der Waals surface area (Å²) in [6.45, 7) is 8.65. The molecule has 2 amide bonds. The number of nitrogens with two attached hydrogens (primary N) is 1. The zero-order valence-corrected chi connectivity index (χ0v) is 25.2. The van der Waals surface area contributed by atoms with Crippen molar-refractivity contribution in [2.45, 2.75) is 77.3 Å². The Hall–Kier alpha value is -4.46. The average Bonchev–Trinajstić information content (AvgIpc) is 2.94. The smallest absolute Gasteiger partial charge is 0.404 e. The molecule has 0 radical (unpaired) electrons. The number of hydrogen-bond donors (Lipinski definition) is 4. The number of aromatic hydroxyl groups is 1. The van der Waals surface area contributed by atoms with E-state index in [1.165, 1.54) is 44.4 Å². The SMILES string of the molecule is CO[C@@H]1[C@@H](OC(N)=O)[C@H](O)[C@H](Oc2ccc3c(c2C)OC(=O)[C@H](NC(=O)c2ccc(O)c(CC=C(C)C)c2)C3=O)OC1(C)C. The van der Waals surface area contributed by atoms with E-state index in [9.17, 15) is 29.4 Å². The molecule has 13 heteroatoms. The summed E-state index contributed by atoms with van der Waals surface area (Å²) >= 11 is 0. The maximum Gasteiger partial charge on any atom is 0.404 e. The number of carbonyl (C=O) groups excluding carboxylic acids is 4. The topological polar surface area (TPSA) is 193 Å². The third kappa shape index (κ3) is 6.54. The molecule has 0 aromatic heterocycles. The molecule has 0 spiro atoms. The average molecular weight is 613 g/mol. The van der Waals surface area contributed by atoms with Crippen LogP contribution in [-0.4, -0.2) is 77.3 Å². The van der Waals surface area contributed by atoms with Gasteiger partial charge < -0.3 is 44.9 Å². The molecular formula is C31H36N2O11. The first-order valence-corrected chi connectivity index (χ1v) is 13.8. The summed E-state index contributed by atoms with van der Waals surface area (Å²) < 4.78 is 27.8. The van der Waals surface area contributed by atoms with Crippen LogP contribution in [0.25, 0.3) is 0 Å². The van der Waals surface area contributed by atoms with E-state index in [4.69, 9.17) is 29.4 Å². The number of phenols is 1. The molecule has 0 unspecified atom stereocenters. The lowest BCUT2D eigenvalue weighted by Gasteiger charge is -2.47. The first-order chi connectivity index (χ1) is 20.6. The van der Waals surface area contributed by atoms with E-state index in [2.05, 4.69) is 5.32 Å². The lowest BCUT2D eigenvalue weighted by molar-refractivity contribution is -0.304. The Balaban J connectivity index is 1.54. The summed E-state index contributed by atoms with van der Waals surface area (Å²) in [5.41, 5.74) is 6.05. The van der Waals surface area contributed by atoms with Gasteiger partial charge in [0, 0.05) is 18.2 Å². The van der Waals surface area contributed by atoms with Crippen molar-refractivity contribution in [2.75, 3.05) is 7.11 Å². The molecular weight excluding hydrogens is 576 g/mol. The van der Waals surface area contributed by atoms with Crippen LogP contribution in [0.1, 0.15) is 59.5 Å². The minimum Gasteiger partial charge on any atom is -0.508 e. The molecule has 1 fully saturated rings. The standard InChI is InChI=1S/C31H36N2O11/c1-14(2)7-8-16-13-17(9-11-19(16)34)27(37)33-21-22(35)18-10-12-20(15(3)24(18)42-28(21)38)41-29-23(36)25(43-30(32)39)26(40-6)31(4,5)44-29/h7,9-13,21,23,25-26,29,34,36H,8H2,1-6H3,(H2,32,39)(H,33,37)/t21-,23+,25+,26-,29-/m1/s1. The highest BCUT2D eigenvalue weighted by Crippen LogP contribution is 2.39. The molecule has 2 aromatic rings. The predicted octanol–water partition coefficient (Wildman–Crippen LogP) is 2.46. The highest BCUT2D eigenvalue weighted by atomic mass is 16.7. The third-order valence-corrected chi connectivity index (χ3v) is 7.44. The van der Waals surface area contributed by atoms with Crippen LogP contribution in [0.4, 0.5) is 4.79 Å². The predicted molar refractivity (Wildman–Crippen MR) is 154 cm³/mol. The van der Waals surface area contributed by atoms with Crippen LogP contribution in [0.2, 0.25) is 0 Å². The normalized spacial score (nSPS) is 24.0. The van der Waals surface area contributed by atoms with E-state index >= 15 is 0 Å². The molecule has 0 saturated carbocycles. The number of allylic oxidation sites excluding steroid dienone is 2. The van der Waals surface area contributed by atoms with Crippen molar-refractivity contribution in [3.63, 3.8) is 0 Å². The van der Waals surface area contributed by atoms with E-state index in [1.54, 1.807) is 13.8 Å². The fraction of sp³-hybridized carbons (Fsp3) is 0.419. The van der Waals surface area contributed by atoms with Gasteiger partial charge in [0.05, 0.1) is 11.2 Å². The van der Waals surface area contributed by atoms with E-state index in [1.807, 2.05) is 19.9 Å². The van der Waals surface area contributed by atoms with E-state index < -0.39 is 60.0 Å². The summed E-state index contributed by atoms with van der Waals surface area (Å²) in [4.78, 5) is 50.8. The van der Waals surface area contributed by atoms with Crippen molar-refractivity contribution in [3.8, 4) is 17.2 Å². The summed E-state index contributed by atoms with van der Waals surface area (Å²) in [6, 6.07) is 5.41. The largest absolute Gasteiger partial charge is 0.508 e. The van der Waals surface area contributed by atoms with Crippen molar-refractivity contribution in [1.82, 2.24) is 5.32 Å². The van der Waals surface area contributed by atoms with E-state index in [0.717, 1.165) is 5.57 Å². The minimum absolute atomic E-state index is 0.0127. The highest BCUT2D eigenvalue weighted by Gasteiger charge is 2.53. The van der Waals surface area contributed by atoms with Crippen LogP contribution in [0.3, 0.4) is 0 Å². The van der Waals surface area contributed by atoms with Crippen molar-refractivity contribution in [2.24, 2.45) is 5.73 Å². The number of ketones is 1. The van der Waals surface area contributed by atoms with Gasteiger partial charge in [-0.15, -0.1) is 0 Å². The first-order valence-electron chi connectivity index (χ1n) is 13.8. The molecule has 44 heavy (non-hydrogen) atoms. The summed E-state index contributed by atoms with van der Waals surface area (Å²) in [6.07, 6.45) is -3.85. The van der Waals surface area contributed by atoms with Crippen molar-refractivity contribution < 1.29 is 53.1 Å². The number of aliphatic hydroxyl groups excluding tert-OH is 1. The molecule has 2 aliphatic rings. The number of primary amides is 1. The van der Waals surface area contributed by atoms with Crippen LogP contribution in [0, 0.1) is 6.92 Å². The quantitative estimate of drug-likeness (QED) is 0.148. The number of benzene rings is 2. The fourth-order valence-corrected chi connectivity index (χ4v) is 5.16. The maximum absolute atomic E-state index is 13.4. The van der Waals surface area contributed by atoms with Gasteiger partial charge in [-0.2, -0.15) is 0 Å². The number of esters is 1. The molecule has 1 saturated heterocycles. The monoisotopic (exact) mass is 612 g/mol. The van der Waals surface area contributed by atoms with Gasteiger partial charge in [-0.1, -0.05) is 11.6 Å². The molecule has 5 atom stereocenters. The number of carbonyl (C=O) groups is 4. The Bertz CT molecular complexity index is 1510. The third-order valence-electron chi connectivity index (χ3n) is 7.44. The van der Waals surface area contributed by atoms with Crippen molar-refractivity contribution in [3.05, 3.63) is 64.2 Å². The molecule has 0 aliphatic carbocycles. The van der Waals surface area contributed by atoms with Gasteiger partial charge in [-0.25, -0.2) is 9.59 Å². The molecule has 2 heterocycles. The number of aliphatic hydroxyl groups is 1. The zero-order chi connectivity index (χ0) is 32.5. The van der Waals surface area contributed by atoms with Crippen LogP contribution in [0.5, 0.6) is 17.2 Å². The number of rotatable bonds is 8. The fourth-order valence-electron chi connectivity index (χ4n) is 5.16. The number of Topliss-reactive ketones (excluding diaryl/α,β-unsaturated/α-hetero) is 1. The maximum atomic E-state index is 13.4. The first kappa shape index (κ1) is 32.5. The molecule has 2 aromatic carbocycles. The Labute approximate surface area is 253 Å². The number of ether oxygens (including phenoxy) is 5. The summed E-state index contributed by atoms with van der Waals surface area (Å²) in [5.74, 6) is -2.37. The molecule has 2 aliphatic heterocycles. The Kier molecular flexibility index (Phi) is 9.33. The molecule has 4 rings (SSSR count). The molecule has 0 bridgehead atoms.